The van der Waals surface area contributed by atoms with E-state index >= 15 is 0 Å². The van der Waals surface area contributed by atoms with Crippen LogP contribution >= 0.6 is 15.9 Å². The molecule has 2 N–H and O–H groups in total. The molecule has 5 heteroatoms. The smallest absolute Gasteiger partial charge is 0.201 e. The molecule has 0 fully saturated rings. The lowest BCUT2D eigenvalue weighted by Gasteiger charge is -2.03. The third-order valence-electron chi connectivity index (χ3n) is 2.85. The Bertz CT molecular complexity index is 714. The van der Waals surface area contributed by atoms with Gasteiger partial charge in [-0.05, 0) is 37.3 Å². The quantitative estimate of drug-likeness (QED) is 0.790. The van der Waals surface area contributed by atoms with Gasteiger partial charge in [0.15, 0.2) is 0 Å². The van der Waals surface area contributed by atoms with Gasteiger partial charge in [0.25, 0.3) is 0 Å². The molecule has 0 atom stereocenters. The lowest BCUT2D eigenvalue weighted by atomic mass is 10.3. The van der Waals surface area contributed by atoms with Gasteiger partial charge < -0.3 is 14.7 Å². The zero-order chi connectivity index (χ0) is 12.7. The van der Waals surface area contributed by atoms with Gasteiger partial charge in [-0.25, -0.2) is 4.98 Å². The zero-order valence-electron chi connectivity index (χ0n) is 9.85. The van der Waals surface area contributed by atoms with Crippen LogP contribution in [0.25, 0.3) is 11.0 Å². The predicted molar refractivity (Wildman–Crippen MR) is 74.4 cm³/mol. The Morgan fingerprint density at radius 3 is 2.89 bits per heavy atom. The van der Waals surface area contributed by atoms with Crippen molar-refractivity contribution < 1.29 is 4.42 Å². The maximum atomic E-state index is 5.95. The second kappa shape index (κ2) is 4.17. The number of benzene rings is 1. The Morgan fingerprint density at radius 2 is 2.17 bits per heavy atom. The normalized spacial score (nSPS) is 11.2. The number of aryl methyl sites for hydroxylation is 1. The summed E-state index contributed by atoms with van der Waals surface area (Å²) in [7, 11) is 0. The standard InChI is InChI=1S/C13H12BrN3O/c1-8-2-4-10(18-8)7-17-12-5-3-9(14)6-11(12)16-13(17)15/h2-6H,7H2,1H3,(H2,15,16). The molecule has 3 aromatic rings. The molecule has 2 aromatic heterocycles. The Balaban J connectivity index is 2.08. The number of nitrogens with zero attached hydrogens (tertiary/aromatic N) is 2. The van der Waals surface area contributed by atoms with Crippen molar-refractivity contribution in [1.29, 1.82) is 0 Å². The molecule has 0 aliphatic rings. The highest BCUT2D eigenvalue weighted by atomic mass is 79.9. The van der Waals surface area contributed by atoms with Crippen LogP contribution in [0, 0.1) is 6.92 Å². The number of nitrogens with two attached hydrogens (primary N) is 1. The van der Waals surface area contributed by atoms with E-state index in [4.69, 9.17) is 10.2 Å². The van der Waals surface area contributed by atoms with Crippen molar-refractivity contribution in [2.75, 3.05) is 5.73 Å². The highest BCUT2D eigenvalue weighted by Gasteiger charge is 2.10. The van der Waals surface area contributed by atoms with E-state index in [0.29, 0.717) is 12.5 Å². The van der Waals surface area contributed by atoms with Crippen LogP contribution in [0.3, 0.4) is 0 Å². The minimum absolute atomic E-state index is 0.497. The molecule has 0 aliphatic carbocycles. The molecule has 4 nitrogen and oxygen atoms in total. The van der Waals surface area contributed by atoms with Crippen LogP contribution in [0.4, 0.5) is 5.95 Å². The lowest BCUT2D eigenvalue weighted by molar-refractivity contribution is 0.473. The summed E-state index contributed by atoms with van der Waals surface area (Å²) < 4.78 is 8.51. The van der Waals surface area contributed by atoms with Gasteiger partial charge in [-0.1, -0.05) is 15.9 Å². The summed E-state index contributed by atoms with van der Waals surface area (Å²) in [6.45, 7) is 2.52. The van der Waals surface area contributed by atoms with Crippen LogP contribution in [0.2, 0.25) is 0 Å². The van der Waals surface area contributed by atoms with Crippen molar-refractivity contribution in [3.63, 3.8) is 0 Å². The molecule has 0 radical (unpaired) electrons. The third kappa shape index (κ3) is 1.90. The van der Waals surface area contributed by atoms with E-state index in [9.17, 15) is 0 Å². The fraction of sp³-hybridized carbons (Fsp3) is 0.154. The summed E-state index contributed by atoms with van der Waals surface area (Å²) in [6.07, 6.45) is 0. The fourth-order valence-corrected chi connectivity index (χ4v) is 2.36. The number of anilines is 1. The molecule has 0 unspecified atom stereocenters. The van der Waals surface area contributed by atoms with Gasteiger partial charge in [0.05, 0.1) is 17.6 Å². The summed E-state index contributed by atoms with van der Waals surface area (Å²) >= 11 is 3.43. The van der Waals surface area contributed by atoms with Crippen molar-refractivity contribution in [2.24, 2.45) is 0 Å². The van der Waals surface area contributed by atoms with Gasteiger partial charge in [-0.3, -0.25) is 0 Å². The van der Waals surface area contributed by atoms with E-state index < -0.39 is 0 Å². The average molecular weight is 306 g/mol. The topological polar surface area (TPSA) is 57.0 Å². The molecular weight excluding hydrogens is 294 g/mol. The molecule has 1 aromatic carbocycles. The maximum Gasteiger partial charge on any atom is 0.201 e. The molecule has 18 heavy (non-hydrogen) atoms. The van der Waals surface area contributed by atoms with E-state index in [-0.39, 0.29) is 0 Å². The molecule has 0 bridgehead atoms. The minimum atomic E-state index is 0.497. The number of imidazole rings is 1. The molecule has 0 spiro atoms. The van der Waals surface area contributed by atoms with E-state index in [2.05, 4.69) is 20.9 Å². The van der Waals surface area contributed by atoms with Crippen LogP contribution in [-0.4, -0.2) is 9.55 Å². The maximum absolute atomic E-state index is 5.95. The van der Waals surface area contributed by atoms with Crippen LogP contribution < -0.4 is 5.73 Å². The van der Waals surface area contributed by atoms with Crippen LogP contribution in [0.15, 0.2) is 39.2 Å². The SMILES string of the molecule is Cc1ccc(Cn2c(N)nc3cc(Br)ccc32)o1. The first-order valence-electron chi connectivity index (χ1n) is 5.60. The summed E-state index contributed by atoms with van der Waals surface area (Å²) in [5, 5.41) is 0. The second-order valence-electron chi connectivity index (χ2n) is 4.20. The number of hydrogen-bond acceptors (Lipinski definition) is 3. The monoisotopic (exact) mass is 305 g/mol. The van der Waals surface area contributed by atoms with Crippen molar-refractivity contribution in [3.8, 4) is 0 Å². The van der Waals surface area contributed by atoms with Crippen molar-refractivity contribution >= 4 is 32.9 Å². The number of hydrogen-bond donors (Lipinski definition) is 1. The average Bonchev–Trinajstić information content (AvgIpc) is 2.84. The largest absolute Gasteiger partial charge is 0.464 e. The van der Waals surface area contributed by atoms with Crippen LogP contribution in [0.5, 0.6) is 0 Å². The van der Waals surface area contributed by atoms with Crippen LogP contribution in [0.1, 0.15) is 11.5 Å². The van der Waals surface area contributed by atoms with Gasteiger partial charge in [0, 0.05) is 4.47 Å². The van der Waals surface area contributed by atoms with Crippen molar-refractivity contribution in [1.82, 2.24) is 9.55 Å². The number of aromatic nitrogens is 2. The molecule has 0 aliphatic heterocycles. The Morgan fingerprint density at radius 1 is 1.33 bits per heavy atom. The number of rotatable bonds is 2. The minimum Gasteiger partial charge on any atom is -0.464 e. The van der Waals surface area contributed by atoms with E-state index in [1.165, 1.54) is 0 Å². The molecule has 92 valence electrons. The number of fused-ring (bicyclic) bond motifs is 1. The molecule has 3 rings (SSSR count). The summed E-state index contributed by atoms with van der Waals surface area (Å²) in [6, 6.07) is 9.84. The predicted octanol–water partition coefficient (Wildman–Crippen LogP) is 3.33. The van der Waals surface area contributed by atoms with Crippen molar-refractivity contribution in [2.45, 2.75) is 13.5 Å². The molecule has 0 saturated carbocycles. The van der Waals surface area contributed by atoms with E-state index in [0.717, 1.165) is 27.0 Å². The highest BCUT2D eigenvalue weighted by molar-refractivity contribution is 9.10. The number of nitrogen functional groups attached to an aromatic ring is 1. The molecule has 2 heterocycles. The van der Waals surface area contributed by atoms with E-state index in [1.54, 1.807) is 0 Å². The summed E-state index contributed by atoms with van der Waals surface area (Å²) in [4.78, 5) is 4.35. The first kappa shape index (κ1) is 11.3. The first-order chi connectivity index (χ1) is 8.63. The fourth-order valence-electron chi connectivity index (χ4n) is 2.01. The molecule has 0 amide bonds. The highest BCUT2D eigenvalue weighted by Crippen LogP contribution is 2.23. The Labute approximate surface area is 113 Å². The molecular formula is C13H12BrN3O. The summed E-state index contributed by atoms with van der Waals surface area (Å²) in [5.41, 5.74) is 7.84. The van der Waals surface area contributed by atoms with Crippen molar-refractivity contribution in [3.05, 3.63) is 46.3 Å². The Kier molecular flexibility index (Phi) is 2.63. The summed E-state index contributed by atoms with van der Waals surface area (Å²) in [5.74, 6) is 2.27. The van der Waals surface area contributed by atoms with Gasteiger partial charge in [-0.2, -0.15) is 0 Å². The number of halogens is 1. The van der Waals surface area contributed by atoms with Crippen LogP contribution in [-0.2, 0) is 6.54 Å². The van der Waals surface area contributed by atoms with Gasteiger partial charge in [0.1, 0.15) is 11.5 Å². The Hall–Kier alpha value is -1.75. The molecule has 0 saturated heterocycles. The van der Waals surface area contributed by atoms with Gasteiger partial charge in [-0.15, -0.1) is 0 Å². The zero-order valence-corrected chi connectivity index (χ0v) is 11.4. The lowest BCUT2D eigenvalue weighted by Crippen LogP contribution is -2.03. The second-order valence-corrected chi connectivity index (χ2v) is 5.12. The first-order valence-corrected chi connectivity index (χ1v) is 6.39. The number of furan rings is 1. The van der Waals surface area contributed by atoms with Gasteiger partial charge in [0.2, 0.25) is 5.95 Å². The van der Waals surface area contributed by atoms with Gasteiger partial charge >= 0.3 is 0 Å². The van der Waals surface area contributed by atoms with E-state index in [1.807, 2.05) is 41.8 Å². The third-order valence-corrected chi connectivity index (χ3v) is 3.34.